The number of ether oxygens (including phenoxy) is 1. The van der Waals surface area contributed by atoms with E-state index in [9.17, 15) is 14.9 Å². The third-order valence-electron chi connectivity index (χ3n) is 2.69. The molecule has 104 valence electrons. The number of thiophene rings is 1. The second kappa shape index (κ2) is 6.88. The van der Waals surface area contributed by atoms with E-state index in [1.54, 1.807) is 11.4 Å². The van der Waals surface area contributed by atoms with Crippen molar-refractivity contribution in [1.82, 2.24) is 5.32 Å². The first-order valence-corrected chi connectivity index (χ1v) is 7.76. The van der Waals surface area contributed by atoms with Crippen LogP contribution in [-0.2, 0) is 9.53 Å². The van der Waals surface area contributed by atoms with E-state index in [0.717, 1.165) is 30.8 Å². The summed E-state index contributed by atoms with van der Waals surface area (Å²) in [6, 6.07) is 1.67. The number of thioether (sulfide) groups is 1. The van der Waals surface area contributed by atoms with Crippen LogP contribution in [0.3, 0.4) is 0 Å². The second-order valence-corrected chi connectivity index (χ2v) is 5.99. The Morgan fingerprint density at radius 1 is 1.68 bits per heavy atom. The zero-order valence-corrected chi connectivity index (χ0v) is 11.8. The molecule has 0 aliphatic carbocycles. The first-order valence-electron chi connectivity index (χ1n) is 5.90. The van der Waals surface area contributed by atoms with Gasteiger partial charge in [0, 0.05) is 13.2 Å². The fraction of sp³-hybridized carbons (Fsp3) is 0.545. The number of carbonyl (C=O) groups is 1. The van der Waals surface area contributed by atoms with Crippen molar-refractivity contribution in [2.75, 3.05) is 18.9 Å². The van der Waals surface area contributed by atoms with Crippen LogP contribution < -0.4 is 5.32 Å². The van der Waals surface area contributed by atoms with E-state index in [0.29, 0.717) is 11.4 Å². The minimum absolute atomic E-state index is 0.0944. The topological polar surface area (TPSA) is 81.5 Å². The summed E-state index contributed by atoms with van der Waals surface area (Å²) in [7, 11) is 0. The maximum atomic E-state index is 11.6. The van der Waals surface area contributed by atoms with Crippen LogP contribution in [0.5, 0.6) is 0 Å². The highest BCUT2D eigenvalue weighted by molar-refractivity contribution is 8.00. The molecule has 1 fully saturated rings. The molecule has 1 aromatic heterocycles. The Morgan fingerprint density at radius 2 is 2.53 bits per heavy atom. The van der Waals surface area contributed by atoms with E-state index in [2.05, 4.69) is 5.32 Å². The Hall–Kier alpha value is -1.12. The highest BCUT2D eigenvalue weighted by Gasteiger charge is 2.18. The zero-order chi connectivity index (χ0) is 13.7. The largest absolute Gasteiger partial charge is 0.376 e. The molecule has 1 amide bonds. The molecular formula is C11H14N2O4S2. The number of hydrogen-bond donors (Lipinski definition) is 1. The Morgan fingerprint density at radius 3 is 3.21 bits per heavy atom. The summed E-state index contributed by atoms with van der Waals surface area (Å²) in [6.45, 7) is 1.28. The lowest BCUT2D eigenvalue weighted by atomic mass is 10.2. The lowest BCUT2D eigenvalue weighted by Gasteiger charge is -2.10. The quantitative estimate of drug-likeness (QED) is 0.494. The van der Waals surface area contributed by atoms with E-state index in [1.165, 1.54) is 11.8 Å². The van der Waals surface area contributed by atoms with E-state index in [1.807, 2.05) is 0 Å². The van der Waals surface area contributed by atoms with Crippen molar-refractivity contribution in [3.05, 3.63) is 21.6 Å². The maximum absolute atomic E-state index is 11.6. The van der Waals surface area contributed by atoms with E-state index < -0.39 is 4.92 Å². The van der Waals surface area contributed by atoms with Crippen molar-refractivity contribution in [3.8, 4) is 0 Å². The van der Waals surface area contributed by atoms with Crippen molar-refractivity contribution in [3.63, 3.8) is 0 Å². The number of nitrogens with zero attached hydrogens (tertiary/aromatic N) is 1. The van der Waals surface area contributed by atoms with Gasteiger partial charge in [-0.15, -0.1) is 11.8 Å². The van der Waals surface area contributed by atoms with Gasteiger partial charge in [-0.2, -0.15) is 0 Å². The van der Waals surface area contributed by atoms with Crippen molar-refractivity contribution < 1.29 is 14.5 Å². The van der Waals surface area contributed by atoms with Crippen LogP contribution in [0.4, 0.5) is 5.00 Å². The summed E-state index contributed by atoms with van der Waals surface area (Å²) in [6.07, 6.45) is 2.13. The molecule has 2 rings (SSSR count). The lowest BCUT2D eigenvalue weighted by Crippen LogP contribution is -2.32. The van der Waals surface area contributed by atoms with Gasteiger partial charge in [0.1, 0.15) is 0 Å². The Labute approximate surface area is 118 Å². The molecule has 0 unspecified atom stereocenters. The molecule has 0 bridgehead atoms. The summed E-state index contributed by atoms with van der Waals surface area (Å²) in [5, 5.41) is 15.2. The first kappa shape index (κ1) is 14.3. The summed E-state index contributed by atoms with van der Waals surface area (Å²) < 4.78 is 5.40. The van der Waals surface area contributed by atoms with Gasteiger partial charge in [0.05, 0.1) is 21.7 Å². The molecule has 6 nitrogen and oxygen atoms in total. The van der Waals surface area contributed by atoms with Crippen LogP contribution in [0.15, 0.2) is 16.3 Å². The number of nitro groups is 1. The van der Waals surface area contributed by atoms with Gasteiger partial charge >= 0.3 is 5.00 Å². The SMILES string of the molecule is O=C(CSc1ccsc1[N+](=O)[O-])NC[C@H]1CCCO1. The van der Waals surface area contributed by atoms with Crippen LogP contribution in [0, 0.1) is 10.1 Å². The third kappa shape index (κ3) is 4.19. The highest BCUT2D eigenvalue weighted by Crippen LogP contribution is 2.33. The highest BCUT2D eigenvalue weighted by atomic mass is 32.2. The molecule has 1 aromatic rings. The summed E-state index contributed by atoms with van der Waals surface area (Å²) in [5.74, 6) is 0.0607. The predicted molar refractivity (Wildman–Crippen MR) is 73.7 cm³/mol. The monoisotopic (exact) mass is 302 g/mol. The Bertz CT molecular complexity index is 457. The zero-order valence-electron chi connectivity index (χ0n) is 10.2. The molecule has 1 saturated heterocycles. The fourth-order valence-corrected chi connectivity index (χ4v) is 3.52. The van der Waals surface area contributed by atoms with Gasteiger partial charge in [0.25, 0.3) is 0 Å². The molecule has 0 saturated carbocycles. The molecule has 1 aliphatic heterocycles. The van der Waals surface area contributed by atoms with E-state index in [-0.39, 0.29) is 22.8 Å². The van der Waals surface area contributed by atoms with Crippen LogP contribution in [0.25, 0.3) is 0 Å². The number of amides is 1. The molecular weight excluding hydrogens is 288 g/mol. The molecule has 1 aliphatic rings. The van der Waals surface area contributed by atoms with Crippen molar-refractivity contribution >= 4 is 34.0 Å². The average Bonchev–Trinajstić information content (AvgIpc) is 3.04. The van der Waals surface area contributed by atoms with Gasteiger partial charge in [-0.25, -0.2) is 0 Å². The molecule has 19 heavy (non-hydrogen) atoms. The summed E-state index contributed by atoms with van der Waals surface area (Å²) >= 11 is 2.26. The molecule has 0 aromatic carbocycles. The van der Waals surface area contributed by atoms with Gasteiger partial charge in [-0.05, 0) is 24.3 Å². The molecule has 2 heterocycles. The van der Waals surface area contributed by atoms with Gasteiger partial charge in [0.15, 0.2) is 0 Å². The minimum atomic E-state index is -0.419. The molecule has 0 spiro atoms. The van der Waals surface area contributed by atoms with Gasteiger partial charge in [-0.3, -0.25) is 14.9 Å². The van der Waals surface area contributed by atoms with Gasteiger partial charge in [-0.1, -0.05) is 11.3 Å². The number of nitrogens with one attached hydrogen (secondary N) is 1. The molecule has 8 heteroatoms. The van der Waals surface area contributed by atoms with E-state index >= 15 is 0 Å². The van der Waals surface area contributed by atoms with Crippen molar-refractivity contribution in [2.45, 2.75) is 23.8 Å². The minimum Gasteiger partial charge on any atom is -0.376 e. The van der Waals surface area contributed by atoms with Crippen molar-refractivity contribution in [2.24, 2.45) is 0 Å². The van der Waals surface area contributed by atoms with Crippen LogP contribution in [0.2, 0.25) is 0 Å². The molecule has 1 N–H and O–H groups in total. The van der Waals surface area contributed by atoms with Crippen LogP contribution in [0.1, 0.15) is 12.8 Å². The average molecular weight is 302 g/mol. The Kier molecular flexibility index (Phi) is 5.17. The van der Waals surface area contributed by atoms with Gasteiger partial charge in [0.2, 0.25) is 5.91 Å². The molecule has 1 atom stereocenters. The standard InChI is InChI=1S/C11H14N2O4S2/c14-10(12-6-8-2-1-4-17-8)7-19-9-3-5-18-11(9)13(15)16/h3,5,8H,1-2,4,6-7H2,(H,12,14)/t8-/m1/s1. The number of hydrogen-bond acceptors (Lipinski definition) is 6. The second-order valence-electron chi connectivity index (χ2n) is 4.07. The Balaban J connectivity index is 1.73. The van der Waals surface area contributed by atoms with Crippen LogP contribution >= 0.6 is 23.1 Å². The van der Waals surface area contributed by atoms with Crippen molar-refractivity contribution in [1.29, 1.82) is 0 Å². The fourth-order valence-electron chi connectivity index (χ4n) is 1.76. The third-order valence-corrected chi connectivity index (χ3v) is 4.73. The maximum Gasteiger partial charge on any atom is 0.337 e. The van der Waals surface area contributed by atoms with Crippen LogP contribution in [-0.4, -0.2) is 35.8 Å². The van der Waals surface area contributed by atoms with E-state index in [4.69, 9.17) is 4.74 Å². The summed E-state index contributed by atoms with van der Waals surface area (Å²) in [4.78, 5) is 22.5. The summed E-state index contributed by atoms with van der Waals surface area (Å²) in [5.41, 5.74) is 0. The number of rotatable bonds is 6. The predicted octanol–water partition coefficient (Wildman–Crippen LogP) is 2.04. The first-order chi connectivity index (χ1) is 9.16. The number of carbonyl (C=O) groups excluding carboxylic acids is 1. The molecule has 0 radical (unpaired) electrons. The normalized spacial score (nSPS) is 18.4. The van der Waals surface area contributed by atoms with Gasteiger partial charge < -0.3 is 10.1 Å². The smallest absolute Gasteiger partial charge is 0.337 e. The lowest BCUT2D eigenvalue weighted by molar-refractivity contribution is -0.382.